The second kappa shape index (κ2) is 5.60. The van der Waals surface area contributed by atoms with Crippen molar-refractivity contribution in [3.05, 3.63) is 45.3 Å². The second-order valence-corrected chi connectivity index (χ2v) is 20.0. The summed E-state index contributed by atoms with van der Waals surface area (Å²) in [6.45, 7) is 14.5. The van der Waals surface area contributed by atoms with Gasteiger partial charge in [-0.1, -0.05) is 56.6 Å². The molecule has 4 rings (SSSR count). The van der Waals surface area contributed by atoms with E-state index in [0.717, 1.165) is 17.1 Å². The Morgan fingerprint density at radius 1 is 1.08 bits per heavy atom. The molecule has 140 valence electrons. The lowest BCUT2D eigenvalue weighted by Gasteiger charge is -2.42. The first-order valence-electron chi connectivity index (χ1n) is 9.55. The molecule has 26 heavy (non-hydrogen) atoms. The maximum atomic E-state index is 10.9. The van der Waals surface area contributed by atoms with E-state index < -0.39 is 22.3 Å². The first-order valence-corrected chi connectivity index (χ1v) is 16.5. The van der Waals surface area contributed by atoms with Crippen LogP contribution in [0.15, 0.2) is 34.2 Å². The van der Waals surface area contributed by atoms with E-state index >= 15 is 0 Å². The predicted molar refractivity (Wildman–Crippen MR) is 112 cm³/mol. The molecule has 1 aliphatic heterocycles. The average molecular weight is 387 g/mol. The summed E-state index contributed by atoms with van der Waals surface area (Å²) >= 11 is 0. The third-order valence-corrected chi connectivity index (χ3v) is 10.4. The number of ether oxygens (including phenoxy) is 2. The van der Waals surface area contributed by atoms with Crippen molar-refractivity contribution in [1.82, 2.24) is 0 Å². The molecule has 0 unspecified atom stereocenters. The Hall–Kier alpha value is -1.31. The quantitative estimate of drug-likeness (QED) is 0.780. The van der Waals surface area contributed by atoms with Gasteiger partial charge in [-0.25, -0.2) is 0 Å². The van der Waals surface area contributed by atoms with E-state index in [2.05, 4.69) is 51.4 Å². The lowest BCUT2D eigenvalue weighted by Crippen LogP contribution is -2.46. The summed E-state index contributed by atoms with van der Waals surface area (Å²) in [5, 5.41) is 14.0. The van der Waals surface area contributed by atoms with E-state index in [0.29, 0.717) is 6.42 Å². The summed E-state index contributed by atoms with van der Waals surface area (Å²) in [4.78, 5) is 0. The van der Waals surface area contributed by atoms with Crippen LogP contribution in [0, 0.1) is 0 Å². The zero-order valence-corrected chi connectivity index (χ0v) is 18.9. The van der Waals surface area contributed by atoms with E-state index in [-0.39, 0.29) is 12.0 Å². The number of allylic oxidation sites excluding steroid dienone is 2. The van der Waals surface area contributed by atoms with Crippen LogP contribution in [0.5, 0.6) is 11.5 Å². The molecular weight excluding hydrogens is 356 g/mol. The molecule has 2 aliphatic carbocycles. The lowest BCUT2D eigenvalue weighted by atomic mass is 9.73. The molecule has 0 bridgehead atoms. The van der Waals surface area contributed by atoms with Crippen molar-refractivity contribution in [3.63, 3.8) is 0 Å². The summed E-state index contributed by atoms with van der Waals surface area (Å²) in [6, 6.07) is 4.10. The molecule has 0 saturated heterocycles. The van der Waals surface area contributed by atoms with Gasteiger partial charge in [-0.15, -0.1) is 0 Å². The summed E-state index contributed by atoms with van der Waals surface area (Å²) in [6.07, 6.45) is 2.66. The summed E-state index contributed by atoms with van der Waals surface area (Å²) in [5.74, 6) is 1.88. The minimum absolute atomic E-state index is 0.0309. The summed E-state index contributed by atoms with van der Waals surface area (Å²) < 4.78 is 12.3. The minimum atomic E-state index is -1.60. The van der Waals surface area contributed by atoms with Crippen molar-refractivity contribution in [1.29, 1.82) is 0 Å². The standard InChI is InChI=1S/C21H30O3Si2/c1-23-15-9-8-12-10-14(22)13-11-16(25(2,3)4)21(26(5,6)7)20-18(13)17(12)19(15)24-20/h8-9,11,14,18,20,22H,10H2,1-7H3/t14-,18+,20-/m1/s1. The highest BCUT2D eigenvalue weighted by atomic mass is 28.3. The number of benzene rings is 1. The van der Waals surface area contributed by atoms with Crippen LogP contribution in [0.25, 0.3) is 0 Å². The van der Waals surface area contributed by atoms with Crippen LogP contribution >= 0.6 is 0 Å². The van der Waals surface area contributed by atoms with Gasteiger partial charge in [-0.05, 0) is 22.4 Å². The molecule has 1 heterocycles. The van der Waals surface area contributed by atoms with Crippen LogP contribution in [0.4, 0.5) is 0 Å². The number of hydrogen-bond acceptors (Lipinski definition) is 3. The van der Waals surface area contributed by atoms with Crippen LogP contribution < -0.4 is 9.47 Å². The molecule has 0 saturated carbocycles. The SMILES string of the molecule is COc1ccc2c3c1O[C@H]1C([Si](C)(C)C)=C([Si](C)(C)C)C=C([C@H](O)C2)[C@@H]31. The Labute approximate surface area is 158 Å². The Balaban J connectivity index is 2.01. The summed E-state index contributed by atoms with van der Waals surface area (Å²) in [5.41, 5.74) is 3.63. The average Bonchev–Trinajstić information content (AvgIpc) is 2.91. The molecule has 1 N–H and O–H groups in total. The largest absolute Gasteiger partial charge is 0.493 e. The predicted octanol–water partition coefficient (Wildman–Crippen LogP) is 4.45. The van der Waals surface area contributed by atoms with Gasteiger partial charge in [0.1, 0.15) is 6.10 Å². The number of rotatable bonds is 3. The van der Waals surface area contributed by atoms with Gasteiger partial charge in [-0.2, -0.15) is 0 Å². The van der Waals surface area contributed by atoms with E-state index in [9.17, 15) is 5.11 Å². The fraction of sp³-hybridized carbons (Fsp3) is 0.524. The van der Waals surface area contributed by atoms with Crippen molar-refractivity contribution in [2.75, 3.05) is 7.11 Å². The number of methoxy groups -OCH3 is 1. The van der Waals surface area contributed by atoms with Gasteiger partial charge in [-0.3, -0.25) is 0 Å². The molecular formula is C21H30O3Si2. The zero-order valence-electron chi connectivity index (χ0n) is 16.9. The van der Waals surface area contributed by atoms with E-state index in [1.54, 1.807) is 12.3 Å². The second-order valence-electron chi connectivity index (χ2n) is 9.88. The van der Waals surface area contributed by atoms with Gasteiger partial charge in [0.2, 0.25) is 0 Å². The first kappa shape index (κ1) is 18.1. The highest BCUT2D eigenvalue weighted by Crippen LogP contribution is 2.57. The highest BCUT2D eigenvalue weighted by molar-refractivity contribution is 6.90. The van der Waals surface area contributed by atoms with Gasteiger partial charge in [0, 0.05) is 12.0 Å². The molecule has 0 fully saturated rings. The summed E-state index contributed by atoms with van der Waals surface area (Å²) in [7, 11) is -1.46. The number of hydrogen-bond donors (Lipinski definition) is 1. The van der Waals surface area contributed by atoms with Crippen LogP contribution in [0.1, 0.15) is 17.0 Å². The van der Waals surface area contributed by atoms with Crippen molar-refractivity contribution < 1.29 is 14.6 Å². The molecule has 3 atom stereocenters. The number of aliphatic hydroxyl groups is 1. The molecule has 0 spiro atoms. The number of aliphatic hydroxyl groups excluding tert-OH is 1. The zero-order chi connectivity index (χ0) is 19.0. The Kier molecular flexibility index (Phi) is 3.89. The molecule has 0 radical (unpaired) electrons. The van der Waals surface area contributed by atoms with Crippen LogP contribution in [0.3, 0.4) is 0 Å². The Bertz CT molecular complexity index is 840. The van der Waals surface area contributed by atoms with Crippen LogP contribution in [0.2, 0.25) is 39.3 Å². The van der Waals surface area contributed by atoms with Crippen molar-refractivity contribution in [2.45, 2.75) is 63.8 Å². The Morgan fingerprint density at radius 3 is 2.35 bits per heavy atom. The van der Waals surface area contributed by atoms with Crippen molar-refractivity contribution >= 4 is 16.1 Å². The molecule has 1 aromatic rings. The molecule has 1 aromatic carbocycles. The third-order valence-electron chi connectivity index (χ3n) is 5.99. The normalized spacial score (nSPS) is 27.1. The monoisotopic (exact) mass is 386 g/mol. The smallest absolute Gasteiger partial charge is 0.166 e. The first-order chi connectivity index (χ1) is 12.0. The van der Waals surface area contributed by atoms with Crippen LogP contribution in [-0.2, 0) is 6.42 Å². The molecule has 5 heteroatoms. The minimum Gasteiger partial charge on any atom is -0.493 e. The fourth-order valence-corrected chi connectivity index (χ4v) is 10.7. The topological polar surface area (TPSA) is 38.7 Å². The third kappa shape index (κ3) is 2.47. The molecule has 0 amide bonds. The van der Waals surface area contributed by atoms with Crippen molar-refractivity contribution in [2.24, 2.45) is 0 Å². The maximum Gasteiger partial charge on any atom is 0.166 e. The van der Waals surface area contributed by atoms with Gasteiger partial charge in [0.25, 0.3) is 0 Å². The molecule has 0 aromatic heterocycles. The van der Waals surface area contributed by atoms with Gasteiger partial charge in [0.15, 0.2) is 11.5 Å². The lowest BCUT2D eigenvalue weighted by molar-refractivity contribution is 0.179. The molecule has 3 aliphatic rings. The highest BCUT2D eigenvalue weighted by Gasteiger charge is 2.52. The van der Waals surface area contributed by atoms with E-state index in [1.165, 1.54) is 16.3 Å². The van der Waals surface area contributed by atoms with E-state index in [4.69, 9.17) is 9.47 Å². The van der Waals surface area contributed by atoms with Crippen molar-refractivity contribution in [3.8, 4) is 11.5 Å². The maximum absolute atomic E-state index is 10.9. The fourth-order valence-electron chi connectivity index (χ4n) is 4.90. The molecule has 3 nitrogen and oxygen atoms in total. The van der Waals surface area contributed by atoms with Gasteiger partial charge >= 0.3 is 0 Å². The van der Waals surface area contributed by atoms with Crippen LogP contribution in [-0.4, -0.2) is 40.6 Å². The van der Waals surface area contributed by atoms with E-state index in [1.807, 2.05) is 6.07 Å². The van der Waals surface area contributed by atoms with Gasteiger partial charge < -0.3 is 14.6 Å². The van der Waals surface area contributed by atoms with Gasteiger partial charge in [0.05, 0.1) is 35.3 Å². The Morgan fingerprint density at radius 2 is 1.77 bits per heavy atom.